The maximum absolute atomic E-state index is 11.8. The summed E-state index contributed by atoms with van der Waals surface area (Å²) in [5.41, 5.74) is 5.48. The summed E-state index contributed by atoms with van der Waals surface area (Å²) in [4.78, 5) is 11.8. The number of carbonyl (C=O) groups is 1. The number of hydrogen-bond donors (Lipinski definition) is 1. The predicted octanol–water partition coefficient (Wildman–Crippen LogP) is 3.60. The Morgan fingerprint density at radius 3 is 2.71 bits per heavy atom. The molecule has 0 unspecified atom stereocenters. The molecule has 0 atom stereocenters. The Kier molecular flexibility index (Phi) is 6.37. The third-order valence-corrected chi connectivity index (χ3v) is 3.93. The molecular weight excluding hydrogens is 372 g/mol. The SMILES string of the molecule is COc1ccc(Br)cc1C=NNC(=O)COc1ccc(C)c(C)c1. The fourth-order valence-electron chi connectivity index (χ4n) is 1.96. The first-order valence-electron chi connectivity index (χ1n) is 7.35. The van der Waals surface area contributed by atoms with Gasteiger partial charge < -0.3 is 9.47 Å². The van der Waals surface area contributed by atoms with Gasteiger partial charge >= 0.3 is 0 Å². The molecule has 1 amide bonds. The Morgan fingerprint density at radius 1 is 1.21 bits per heavy atom. The van der Waals surface area contributed by atoms with E-state index in [1.807, 2.05) is 50.2 Å². The number of rotatable bonds is 6. The van der Waals surface area contributed by atoms with Crippen molar-refractivity contribution in [2.24, 2.45) is 5.10 Å². The molecule has 5 nitrogen and oxygen atoms in total. The molecule has 0 bridgehead atoms. The van der Waals surface area contributed by atoms with Gasteiger partial charge in [0, 0.05) is 10.0 Å². The van der Waals surface area contributed by atoms with Gasteiger partial charge in [-0.1, -0.05) is 22.0 Å². The number of benzene rings is 2. The van der Waals surface area contributed by atoms with E-state index in [1.165, 1.54) is 11.8 Å². The standard InChI is InChI=1S/C18H19BrN2O3/c1-12-4-6-16(8-13(12)2)24-11-18(22)21-20-10-14-9-15(19)5-7-17(14)23-3/h4-10H,11H2,1-3H3,(H,21,22). The first-order valence-corrected chi connectivity index (χ1v) is 8.14. The van der Waals surface area contributed by atoms with Crippen molar-refractivity contribution in [1.82, 2.24) is 5.43 Å². The minimum atomic E-state index is -0.335. The summed E-state index contributed by atoms with van der Waals surface area (Å²) in [7, 11) is 1.58. The predicted molar refractivity (Wildman–Crippen MR) is 97.8 cm³/mol. The Hall–Kier alpha value is -2.34. The van der Waals surface area contributed by atoms with Crippen molar-refractivity contribution in [1.29, 1.82) is 0 Å². The molecule has 1 N–H and O–H groups in total. The van der Waals surface area contributed by atoms with E-state index in [1.54, 1.807) is 7.11 Å². The van der Waals surface area contributed by atoms with Crippen molar-refractivity contribution in [3.8, 4) is 11.5 Å². The van der Waals surface area contributed by atoms with Crippen LogP contribution in [0.4, 0.5) is 0 Å². The molecule has 0 aliphatic heterocycles. The molecule has 0 aliphatic rings. The van der Waals surface area contributed by atoms with Crippen LogP contribution in [0, 0.1) is 13.8 Å². The lowest BCUT2D eigenvalue weighted by Crippen LogP contribution is -2.24. The highest BCUT2D eigenvalue weighted by Crippen LogP contribution is 2.21. The summed E-state index contributed by atoms with van der Waals surface area (Å²) in [6.07, 6.45) is 1.53. The molecule has 0 fully saturated rings. The molecule has 0 heterocycles. The lowest BCUT2D eigenvalue weighted by Gasteiger charge is -2.07. The molecule has 2 aromatic rings. The molecular formula is C18H19BrN2O3. The van der Waals surface area contributed by atoms with Crippen LogP contribution >= 0.6 is 15.9 Å². The molecule has 6 heteroatoms. The molecule has 2 rings (SSSR count). The zero-order valence-electron chi connectivity index (χ0n) is 13.8. The average molecular weight is 391 g/mol. The van der Waals surface area contributed by atoms with Gasteiger partial charge in [0.15, 0.2) is 6.61 Å². The second-order valence-electron chi connectivity index (χ2n) is 5.21. The van der Waals surface area contributed by atoms with Crippen LogP contribution in [0.15, 0.2) is 46.0 Å². The fraction of sp³-hybridized carbons (Fsp3) is 0.222. The molecule has 0 saturated heterocycles. The summed E-state index contributed by atoms with van der Waals surface area (Å²) in [6.45, 7) is 3.92. The minimum absolute atomic E-state index is 0.102. The first kappa shape index (κ1) is 18.0. The number of ether oxygens (including phenoxy) is 2. The molecule has 0 saturated carbocycles. The van der Waals surface area contributed by atoms with Crippen LogP contribution in [0.1, 0.15) is 16.7 Å². The van der Waals surface area contributed by atoms with Gasteiger partial charge in [-0.15, -0.1) is 0 Å². The van der Waals surface area contributed by atoms with Crippen LogP contribution in [-0.2, 0) is 4.79 Å². The Bertz CT molecular complexity index is 760. The summed E-state index contributed by atoms with van der Waals surface area (Å²) in [5.74, 6) is 0.993. The Balaban J connectivity index is 1.89. The van der Waals surface area contributed by atoms with Crippen molar-refractivity contribution >= 4 is 28.1 Å². The van der Waals surface area contributed by atoms with E-state index >= 15 is 0 Å². The quantitative estimate of drug-likeness (QED) is 0.605. The highest BCUT2D eigenvalue weighted by atomic mass is 79.9. The third kappa shape index (κ3) is 5.09. The fourth-order valence-corrected chi connectivity index (χ4v) is 2.34. The zero-order valence-corrected chi connectivity index (χ0v) is 15.4. The average Bonchev–Trinajstić information content (AvgIpc) is 2.56. The second kappa shape index (κ2) is 8.49. The van der Waals surface area contributed by atoms with E-state index in [2.05, 4.69) is 26.5 Å². The van der Waals surface area contributed by atoms with Gasteiger partial charge in [0.25, 0.3) is 5.91 Å². The number of amides is 1. The van der Waals surface area contributed by atoms with Gasteiger partial charge in [-0.3, -0.25) is 4.79 Å². The summed E-state index contributed by atoms with van der Waals surface area (Å²) >= 11 is 3.38. The summed E-state index contributed by atoms with van der Waals surface area (Å²) in [6, 6.07) is 11.2. The van der Waals surface area contributed by atoms with Crippen LogP contribution < -0.4 is 14.9 Å². The maximum atomic E-state index is 11.8. The number of methoxy groups -OCH3 is 1. The number of halogens is 1. The largest absolute Gasteiger partial charge is 0.496 e. The van der Waals surface area contributed by atoms with E-state index < -0.39 is 0 Å². The zero-order chi connectivity index (χ0) is 17.5. The normalized spacial score (nSPS) is 10.7. The number of nitrogens with zero attached hydrogens (tertiary/aromatic N) is 1. The highest BCUT2D eigenvalue weighted by molar-refractivity contribution is 9.10. The first-order chi connectivity index (χ1) is 11.5. The molecule has 2 aromatic carbocycles. The lowest BCUT2D eigenvalue weighted by atomic mass is 10.1. The van der Waals surface area contributed by atoms with Crippen molar-refractivity contribution in [3.05, 3.63) is 57.6 Å². The number of aryl methyl sites for hydroxylation is 2. The van der Waals surface area contributed by atoms with Crippen molar-refractivity contribution in [2.45, 2.75) is 13.8 Å². The monoisotopic (exact) mass is 390 g/mol. The lowest BCUT2D eigenvalue weighted by molar-refractivity contribution is -0.123. The maximum Gasteiger partial charge on any atom is 0.277 e. The van der Waals surface area contributed by atoms with E-state index in [0.717, 1.165) is 15.6 Å². The topological polar surface area (TPSA) is 59.9 Å². The Morgan fingerprint density at radius 2 is 2.00 bits per heavy atom. The number of hydrogen-bond acceptors (Lipinski definition) is 4. The van der Waals surface area contributed by atoms with E-state index in [9.17, 15) is 4.79 Å². The van der Waals surface area contributed by atoms with Gasteiger partial charge in [0.05, 0.1) is 13.3 Å². The third-order valence-electron chi connectivity index (χ3n) is 3.43. The van der Waals surface area contributed by atoms with E-state index in [-0.39, 0.29) is 12.5 Å². The molecule has 0 aromatic heterocycles. The van der Waals surface area contributed by atoms with Crippen LogP contribution in [0.5, 0.6) is 11.5 Å². The smallest absolute Gasteiger partial charge is 0.277 e. The second-order valence-corrected chi connectivity index (χ2v) is 6.13. The van der Waals surface area contributed by atoms with Gasteiger partial charge in [-0.25, -0.2) is 5.43 Å². The molecule has 0 radical (unpaired) electrons. The summed E-state index contributed by atoms with van der Waals surface area (Å²) in [5, 5.41) is 3.93. The van der Waals surface area contributed by atoms with Crippen LogP contribution in [0.3, 0.4) is 0 Å². The van der Waals surface area contributed by atoms with Crippen molar-refractivity contribution in [2.75, 3.05) is 13.7 Å². The van der Waals surface area contributed by atoms with E-state index in [0.29, 0.717) is 11.5 Å². The van der Waals surface area contributed by atoms with Gasteiger partial charge in [0.2, 0.25) is 0 Å². The van der Waals surface area contributed by atoms with Gasteiger partial charge in [0.1, 0.15) is 11.5 Å². The van der Waals surface area contributed by atoms with Crippen LogP contribution in [0.2, 0.25) is 0 Å². The molecule has 0 aliphatic carbocycles. The van der Waals surface area contributed by atoms with Crippen molar-refractivity contribution in [3.63, 3.8) is 0 Å². The van der Waals surface area contributed by atoms with Crippen molar-refractivity contribution < 1.29 is 14.3 Å². The molecule has 0 spiro atoms. The minimum Gasteiger partial charge on any atom is -0.496 e. The van der Waals surface area contributed by atoms with Crippen LogP contribution in [-0.4, -0.2) is 25.8 Å². The van der Waals surface area contributed by atoms with Crippen LogP contribution in [0.25, 0.3) is 0 Å². The molecule has 126 valence electrons. The Labute approximate surface area is 149 Å². The number of nitrogens with one attached hydrogen (secondary N) is 1. The van der Waals surface area contributed by atoms with Gasteiger partial charge in [-0.2, -0.15) is 5.10 Å². The summed E-state index contributed by atoms with van der Waals surface area (Å²) < 4.78 is 11.6. The van der Waals surface area contributed by atoms with Gasteiger partial charge in [-0.05, 0) is 55.3 Å². The van der Waals surface area contributed by atoms with E-state index in [4.69, 9.17) is 9.47 Å². The molecule has 24 heavy (non-hydrogen) atoms. The number of carbonyl (C=O) groups excluding carboxylic acids is 1. The number of hydrazone groups is 1. The highest BCUT2D eigenvalue weighted by Gasteiger charge is 2.04.